The second-order valence-electron chi connectivity index (χ2n) is 6.07. The third kappa shape index (κ3) is 3.69. The maximum absolute atomic E-state index is 3.50. The Kier molecular flexibility index (Phi) is 5.30. The summed E-state index contributed by atoms with van der Waals surface area (Å²) in [4.78, 5) is 2.71. The Morgan fingerprint density at radius 2 is 1.88 bits per heavy atom. The van der Waals surface area contributed by atoms with Crippen LogP contribution in [0.4, 0.5) is 0 Å². The molecule has 1 saturated heterocycles. The fraction of sp³-hybridized carbons (Fsp3) is 1.00. The van der Waals surface area contributed by atoms with Gasteiger partial charge in [0.1, 0.15) is 0 Å². The standard InChI is InChI=1S/C15H30N2/c1-3-13-7-10-17(11-8-13)12-9-14-5-4-6-15(14)16-2/h13-16H,3-12H2,1-2H3. The van der Waals surface area contributed by atoms with E-state index in [1.165, 1.54) is 64.6 Å². The third-order valence-corrected chi connectivity index (χ3v) is 5.13. The second kappa shape index (κ2) is 6.75. The van der Waals surface area contributed by atoms with E-state index < -0.39 is 0 Å². The van der Waals surface area contributed by atoms with Crippen LogP contribution in [0.15, 0.2) is 0 Å². The Balaban J connectivity index is 1.65. The van der Waals surface area contributed by atoms with Crippen molar-refractivity contribution in [1.29, 1.82) is 0 Å². The van der Waals surface area contributed by atoms with E-state index in [1.54, 1.807) is 0 Å². The molecule has 0 amide bonds. The lowest BCUT2D eigenvalue weighted by molar-refractivity contribution is 0.169. The van der Waals surface area contributed by atoms with E-state index in [9.17, 15) is 0 Å². The topological polar surface area (TPSA) is 15.3 Å². The first-order valence-corrected chi connectivity index (χ1v) is 7.73. The molecule has 1 N–H and O–H groups in total. The van der Waals surface area contributed by atoms with E-state index in [-0.39, 0.29) is 0 Å². The van der Waals surface area contributed by atoms with Crippen LogP contribution >= 0.6 is 0 Å². The van der Waals surface area contributed by atoms with Crippen LogP contribution in [0.25, 0.3) is 0 Å². The highest BCUT2D eigenvalue weighted by Crippen LogP contribution is 2.29. The number of hydrogen-bond acceptors (Lipinski definition) is 2. The molecule has 2 aliphatic rings. The van der Waals surface area contributed by atoms with Gasteiger partial charge in [-0.05, 0) is 70.6 Å². The predicted molar refractivity (Wildman–Crippen MR) is 74.3 cm³/mol. The lowest BCUT2D eigenvalue weighted by Crippen LogP contribution is -2.37. The number of nitrogens with zero attached hydrogens (tertiary/aromatic N) is 1. The van der Waals surface area contributed by atoms with E-state index in [0.29, 0.717) is 0 Å². The highest BCUT2D eigenvalue weighted by Gasteiger charge is 2.26. The predicted octanol–water partition coefficient (Wildman–Crippen LogP) is 2.89. The van der Waals surface area contributed by atoms with E-state index in [0.717, 1.165) is 17.9 Å². The van der Waals surface area contributed by atoms with Crippen molar-refractivity contribution in [3.8, 4) is 0 Å². The summed E-state index contributed by atoms with van der Waals surface area (Å²) < 4.78 is 0. The molecule has 2 nitrogen and oxygen atoms in total. The molecule has 0 radical (unpaired) electrons. The van der Waals surface area contributed by atoms with Gasteiger partial charge >= 0.3 is 0 Å². The molecule has 1 aliphatic carbocycles. The van der Waals surface area contributed by atoms with Gasteiger partial charge in [0.25, 0.3) is 0 Å². The van der Waals surface area contributed by atoms with E-state index in [2.05, 4.69) is 24.2 Å². The van der Waals surface area contributed by atoms with Crippen LogP contribution in [0.5, 0.6) is 0 Å². The third-order valence-electron chi connectivity index (χ3n) is 5.13. The summed E-state index contributed by atoms with van der Waals surface area (Å²) >= 11 is 0. The van der Waals surface area contributed by atoms with Crippen molar-refractivity contribution in [2.24, 2.45) is 11.8 Å². The first kappa shape index (κ1) is 13.4. The van der Waals surface area contributed by atoms with E-state index in [4.69, 9.17) is 0 Å². The zero-order valence-electron chi connectivity index (χ0n) is 11.8. The molecule has 2 unspecified atom stereocenters. The van der Waals surface area contributed by atoms with Crippen LogP contribution < -0.4 is 5.32 Å². The molecular weight excluding hydrogens is 208 g/mol. The molecule has 17 heavy (non-hydrogen) atoms. The number of piperidine rings is 1. The highest BCUT2D eigenvalue weighted by atomic mass is 15.1. The molecule has 2 rings (SSSR count). The van der Waals surface area contributed by atoms with Crippen LogP contribution in [0.3, 0.4) is 0 Å². The normalized spacial score (nSPS) is 32.1. The molecule has 2 fully saturated rings. The van der Waals surface area contributed by atoms with Crippen LogP contribution in [0.2, 0.25) is 0 Å². The molecular formula is C15H30N2. The average Bonchev–Trinajstić information content (AvgIpc) is 2.84. The Morgan fingerprint density at radius 3 is 2.53 bits per heavy atom. The van der Waals surface area contributed by atoms with Crippen molar-refractivity contribution >= 4 is 0 Å². The van der Waals surface area contributed by atoms with Gasteiger partial charge in [-0.3, -0.25) is 0 Å². The molecule has 2 heteroatoms. The van der Waals surface area contributed by atoms with Gasteiger partial charge in [-0.1, -0.05) is 19.8 Å². The summed E-state index contributed by atoms with van der Waals surface area (Å²) in [6.45, 7) is 6.40. The molecule has 1 saturated carbocycles. The average molecular weight is 238 g/mol. The fourth-order valence-corrected chi connectivity index (χ4v) is 3.73. The molecule has 100 valence electrons. The molecule has 0 spiro atoms. The van der Waals surface area contributed by atoms with Gasteiger partial charge in [-0.2, -0.15) is 0 Å². The Morgan fingerprint density at radius 1 is 1.12 bits per heavy atom. The SMILES string of the molecule is CCC1CCN(CCC2CCCC2NC)CC1. The van der Waals surface area contributed by atoms with Gasteiger partial charge in [0.05, 0.1) is 0 Å². The molecule has 0 bridgehead atoms. The van der Waals surface area contributed by atoms with Crippen molar-refractivity contribution in [2.45, 2.75) is 57.9 Å². The Bertz CT molecular complexity index is 209. The number of nitrogens with one attached hydrogen (secondary N) is 1. The van der Waals surface area contributed by atoms with Gasteiger partial charge in [0.2, 0.25) is 0 Å². The molecule has 0 aromatic carbocycles. The number of likely N-dealkylation sites (tertiary alicyclic amines) is 1. The highest BCUT2D eigenvalue weighted by molar-refractivity contribution is 4.83. The first-order chi connectivity index (χ1) is 8.33. The molecule has 0 aromatic heterocycles. The molecule has 2 atom stereocenters. The largest absolute Gasteiger partial charge is 0.317 e. The second-order valence-corrected chi connectivity index (χ2v) is 6.07. The van der Waals surface area contributed by atoms with Crippen molar-refractivity contribution < 1.29 is 0 Å². The van der Waals surface area contributed by atoms with E-state index >= 15 is 0 Å². The maximum atomic E-state index is 3.50. The van der Waals surface area contributed by atoms with Crippen molar-refractivity contribution in [2.75, 3.05) is 26.7 Å². The summed E-state index contributed by atoms with van der Waals surface area (Å²) in [5, 5.41) is 3.50. The fourth-order valence-electron chi connectivity index (χ4n) is 3.73. The van der Waals surface area contributed by atoms with Crippen molar-refractivity contribution in [3.63, 3.8) is 0 Å². The summed E-state index contributed by atoms with van der Waals surface area (Å²) in [6, 6.07) is 0.809. The smallest absolute Gasteiger partial charge is 0.00928 e. The molecule has 0 aromatic rings. The van der Waals surface area contributed by atoms with Crippen LogP contribution in [-0.2, 0) is 0 Å². The lowest BCUT2D eigenvalue weighted by atomic mass is 9.93. The van der Waals surface area contributed by atoms with Gasteiger partial charge < -0.3 is 10.2 Å². The summed E-state index contributed by atoms with van der Waals surface area (Å²) in [7, 11) is 2.13. The molecule has 1 heterocycles. The van der Waals surface area contributed by atoms with Crippen LogP contribution in [0, 0.1) is 11.8 Å². The van der Waals surface area contributed by atoms with Gasteiger partial charge in [0, 0.05) is 6.04 Å². The van der Waals surface area contributed by atoms with Crippen molar-refractivity contribution in [3.05, 3.63) is 0 Å². The van der Waals surface area contributed by atoms with Gasteiger partial charge in [-0.25, -0.2) is 0 Å². The Hall–Kier alpha value is -0.0800. The van der Waals surface area contributed by atoms with Crippen LogP contribution in [0.1, 0.15) is 51.9 Å². The minimum absolute atomic E-state index is 0.809. The monoisotopic (exact) mass is 238 g/mol. The quantitative estimate of drug-likeness (QED) is 0.792. The molecule has 1 aliphatic heterocycles. The summed E-state index contributed by atoms with van der Waals surface area (Å²) in [6.07, 6.45) is 9.98. The number of hydrogen-bond donors (Lipinski definition) is 1. The zero-order chi connectivity index (χ0) is 12.1. The lowest BCUT2D eigenvalue weighted by Gasteiger charge is -2.32. The number of rotatable bonds is 5. The van der Waals surface area contributed by atoms with Gasteiger partial charge in [0.15, 0.2) is 0 Å². The first-order valence-electron chi connectivity index (χ1n) is 7.73. The summed E-state index contributed by atoms with van der Waals surface area (Å²) in [5.41, 5.74) is 0. The van der Waals surface area contributed by atoms with Crippen molar-refractivity contribution in [1.82, 2.24) is 10.2 Å². The summed E-state index contributed by atoms with van der Waals surface area (Å²) in [5.74, 6) is 1.96. The Labute approximate surface area is 107 Å². The van der Waals surface area contributed by atoms with Crippen LogP contribution in [-0.4, -0.2) is 37.6 Å². The minimum Gasteiger partial charge on any atom is -0.317 e. The van der Waals surface area contributed by atoms with Gasteiger partial charge in [-0.15, -0.1) is 0 Å². The van der Waals surface area contributed by atoms with E-state index in [1.807, 2.05) is 0 Å². The minimum atomic E-state index is 0.809. The maximum Gasteiger partial charge on any atom is 0.00928 e. The zero-order valence-corrected chi connectivity index (χ0v) is 11.8.